The van der Waals surface area contributed by atoms with Gasteiger partial charge in [-0.1, -0.05) is 12.1 Å². The molecule has 0 unspecified atom stereocenters. The van der Waals surface area contributed by atoms with Crippen molar-refractivity contribution < 1.29 is 19.4 Å². The number of primary amides is 1. The number of aromatic nitrogens is 1. The molecule has 1 amide bonds. The number of hydrogen-bond donors (Lipinski definition) is 2. The van der Waals surface area contributed by atoms with Crippen molar-refractivity contribution in [2.75, 3.05) is 6.61 Å². The average Bonchev–Trinajstić information content (AvgIpc) is 2.93. The highest BCUT2D eigenvalue weighted by molar-refractivity contribution is 6.02. The molecule has 0 fully saturated rings. The second-order valence-electron chi connectivity index (χ2n) is 5.91. The van der Waals surface area contributed by atoms with Crippen molar-refractivity contribution in [1.82, 2.24) is 4.57 Å². The lowest BCUT2D eigenvalue weighted by molar-refractivity contribution is 0.0511. The van der Waals surface area contributed by atoms with Gasteiger partial charge in [-0.15, -0.1) is 0 Å². The Morgan fingerprint density at radius 3 is 2.52 bits per heavy atom. The second kappa shape index (κ2) is 7.22. The number of aromatic hydroxyl groups is 1. The zero-order valence-electron chi connectivity index (χ0n) is 14.6. The number of ether oxygens (including phenoxy) is 1. The Morgan fingerprint density at radius 1 is 1.22 bits per heavy atom. The quantitative estimate of drug-likeness (QED) is 0.675. The van der Waals surface area contributed by atoms with Crippen molar-refractivity contribution in [1.29, 1.82) is 5.26 Å². The fourth-order valence-corrected chi connectivity index (χ4v) is 2.93. The van der Waals surface area contributed by atoms with Crippen LogP contribution in [-0.4, -0.2) is 28.2 Å². The molecule has 1 aromatic heterocycles. The number of hydrogen-bond acceptors (Lipinski definition) is 5. The third kappa shape index (κ3) is 3.33. The van der Waals surface area contributed by atoms with Crippen molar-refractivity contribution in [3.63, 3.8) is 0 Å². The molecule has 0 aliphatic rings. The molecule has 3 N–H and O–H groups in total. The van der Waals surface area contributed by atoms with Crippen molar-refractivity contribution in [2.24, 2.45) is 5.73 Å². The molecule has 0 saturated heterocycles. The Kier molecular flexibility index (Phi) is 4.81. The van der Waals surface area contributed by atoms with Crippen LogP contribution in [0.15, 0.2) is 42.5 Å². The Bertz CT molecular complexity index is 1080. The van der Waals surface area contributed by atoms with Crippen LogP contribution in [0.4, 0.5) is 0 Å². The summed E-state index contributed by atoms with van der Waals surface area (Å²) < 4.78 is 6.68. The monoisotopic (exact) mass is 363 g/mol. The lowest BCUT2D eigenvalue weighted by atomic mass is 10.1. The van der Waals surface area contributed by atoms with Gasteiger partial charge in [-0.25, -0.2) is 4.79 Å². The maximum Gasteiger partial charge on any atom is 0.358 e. The first-order valence-corrected chi connectivity index (χ1v) is 8.27. The van der Waals surface area contributed by atoms with Crippen LogP contribution in [0.1, 0.15) is 38.9 Å². The summed E-state index contributed by atoms with van der Waals surface area (Å²) in [6.45, 7) is 2.08. The SMILES string of the molecule is CCOC(=O)c1c(O)c2ccc(C#N)cc2n1Cc1ccc(C(N)=O)cc1. The lowest BCUT2D eigenvalue weighted by Gasteiger charge is -2.11. The number of fused-ring (bicyclic) bond motifs is 1. The molecule has 136 valence electrons. The number of benzene rings is 2. The first kappa shape index (κ1) is 18.0. The minimum absolute atomic E-state index is 0.0147. The van der Waals surface area contributed by atoms with Gasteiger partial charge in [0.1, 0.15) is 0 Å². The van der Waals surface area contributed by atoms with Gasteiger partial charge in [-0.2, -0.15) is 5.26 Å². The van der Waals surface area contributed by atoms with E-state index in [1.807, 2.05) is 0 Å². The van der Waals surface area contributed by atoms with Crippen LogP contribution in [0.5, 0.6) is 5.75 Å². The molecule has 1 heterocycles. The Morgan fingerprint density at radius 2 is 1.93 bits per heavy atom. The predicted molar refractivity (Wildman–Crippen MR) is 98.3 cm³/mol. The van der Waals surface area contributed by atoms with Crippen LogP contribution < -0.4 is 5.73 Å². The van der Waals surface area contributed by atoms with Gasteiger partial charge in [0, 0.05) is 17.5 Å². The van der Waals surface area contributed by atoms with Gasteiger partial charge < -0.3 is 20.1 Å². The minimum Gasteiger partial charge on any atom is -0.505 e. The highest BCUT2D eigenvalue weighted by Crippen LogP contribution is 2.34. The Labute approximate surface area is 155 Å². The van der Waals surface area contributed by atoms with Crippen LogP contribution in [0.3, 0.4) is 0 Å². The summed E-state index contributed by atoms with van der Waals surface area (Å²) in [4.78, 5) is 23.6. The number of nitrogens with zero attached hydrogens (tertiary/aromatic N) is 2. The molecule has 27 heavy (non-hydrogen) atoms. The number of amides is 1. The molecule has 3 rings (SSSR count). The number of carbonyl (C=O) groups is 2. The summed E-state index contributed by atoms with van der Waals surface area (Å²) in [5.41, 5.74) is 7.36. The van der Waals surface area contributed by atoms with Crippen LogP contribution in [-0.2, 0) is 11.3 Å². The fourth-order valence-electron chi connectivity index (χ4n) is 2.93. The molecule has 2 aromatic carbocycles. The summed E-state index contributed by atoms with van der Waals surface area (Å²) in [6, 6.07) is 13.4. The van der Waals surface area contributed by atoms with E-state index in [2.05, 4.69) is 6.07 Å². The Hall–Kier alpha value is -3.79. The standard InChI is InChI=1S/C20H17N3O4/c1-2-27-20(26)17-18(24)15-8-5-13(10-21)9-16(15)23(17)11-12-3-6-14(7-4-12)19(22)25/h3-9,24H,2,11H2,1H3,(H2,22,25). The van der Waals surface area contributed by atoms with E-state index in [1.54, 1.807) is 54.0 Å². The average molecular weight is 363 g/mol. The first-order valence-electron chi connectivity index (χ1n) is 8.27. The topological polar surface area (TPSA) is 118 Å². The second-order valence-corrected chi connectivity index (χ2v) is 5.91. The van der Waals surface area contributed by atoms with E-state index in [0.717, 1.165) is 5.56 Å². The molecule has 0 radical (unpaired) electrons. The lowest BCUT2D eigenvalue weighted by Crippen LogP contribution is -2.14. The van der Waals surface area contributed by atoms with Crippen LogP contribution >= 0.6 is 0 Å². The molecular formula is C20H17N3O4. The minimum atomic E-state index is -0.654. The van der Waals surface area contributed by atoms with Gasteiger partial charge in [-0.05, 0) is 42.8 Å². The van der Waals surface area contributed by atoms with E-state index in [4.69, 9.17) is 10.5 Å². The number of rotatable bonds is 5. The van der Waals surface area contributed by atoms with Crippen LogP contribution in [0, 0.1) is 11.3 Å². The Balaban J connectivity index is 2.16. The normalized spacial score (nSPS) is 10.5. The molecule has 0 atom stereocenters. The van der Waals surface area contributed by atoms with E-state index in [1.165, 1.54) is 0 Å². The molecule has 0 spiro atoms. The van der Waals surface area contributed by atoms with Gasteiger partial charge in [0.25, 0.3) is 0 Å². The van der Waals surface area contributed by atoms with E-state index in [-0.39, 0.29) is 24.6 Å². The maximum absolute atomic E-state index is 12.4. The van der Waals surface area contributed by atoms with Crippen molar-refractivity contribution in [2.45, 2.75) is 13.5 Å². The summed E-state index contributed by atoms with van der Waals surface area (Å²) >= 11 is 0. The highest BCUT2D eigenvalue weighted by Gasteiger charge is 2.24. The number of carbonyl (C=O) groups excluding carboxylic acids is 2. The van der Waals surface area contributed by atoms with E-state index >= 15 is 0 Å². The highest BCUT2D eigenvalue weighted by atomic mass is 16.5. The number of esters is 1. The third-order valence-corrected chi connectivity index (χ3v) is 4.21. The summed E-state index contributed by atoms with van der Waals surface area (Å²) in [5.74, 6) is -1.38. The molecule has 0 aliphatic heterocycles. The fraction of sp³-hybridized carbons (Fsp3) is 0.150. The predicted octanol–water partition coefficient (Wildman–Crippen LogP) is 2.54. The van der Waals surface area contributed by atoms with Crippen LogP contribution in [0.25, 0.3) is 10.9 Å². The molecule has 7 heteroatoms. The molecule has 0 bridgehead atoms. The summed E-state index contributed by atoms with van der Waals surface area (Å²) in [5, 5.41) is 20.2. The van der Waals surface area contributed by atoms with E-state index in [0.29, 0.717) is 22.0 Å². The van der Waals surface area contributed by atoms with Crippen LogP contribution in [0.2, 0.25) is 0 Å². The summed E-state index contributed by atoms with van der Waals surface area (Å²) in [7, 11) is 0. The first-order chi connectivity index (χ1) is 13.0. The van der Waals surface area contributed by atoms with Gasteiger partial charge in [0.2, 0.25) is 5.91 Å². The van der Waals surface area contributed by atoms with Crippen molar-refractivity contribution >= 4 is 22.8 Å². The third-order valence-electron chi connectivity index (χ3n) is 4.21. The molecule has 0 saturated carbocycles. The molecular weight excluding hydrogens is 346 g/mol. The van der Waals surface area contributed by atoms with Gasteiger partial charge in [0.05, 0.1) is 23.8 Å². The van der Waals surface area contributed by atoms with Gasteiger partial charge in [0.15, 0.2) is 11.4 Å². The zero-order chi connectivity index (χ0) is 19.6. The maximum atomic E-state index is 12.4. The molecule has 7 nitrogen and oxygen atoms in total. The molecule has 3 aromatic rings. The van der Waals surface area contributed by atoms with Crippen molar-refractivity contribution in [3.05, 3.63) is 64.8 Å². The number of nitriles is 1. The zero-order valence-corrected chi connectivity index (χ0v) is 14.6. The van der Waals surface area contributed by atoms with Gasteiger partial charge >= 0.3 is 5.97 Å². The van der Waals surface area contributed by atoms with Crippen molar-refractivity contribution in [3.8, 4) is 11.8 Å². The van der Waals surface area contributed by atoms with E-state index < -0.39 is 11.9 Å². The summed E-state index contributed by atoms with van der Waals surface area (Å²) in [6.07, 6.45) is 0. The molecule has 0 aliphatic carbocycles. The van der Waals surface area contributed by atoms with E-state index in [9.17, 15) is 20.0 Å². The number of nitrogens with two attached hydrogens (primary N) is 1. The largest absolute Gasteiger partial charge is 0.505 e. The van der Waals surface area contributed by atoms with Gasteiger partial charge in [-0.3, -0.25) is 4.79 Å². The smallest absolute Gasteiger partial charge is 0.358 e.